The average molecular weight is 349 g/mol. The number of rotatable bonds is 5. The summed E-state index contributed by atoms with van der Waals surface area (Å²) in [7, 11) is 1.64. The Hall–Kier alpha value is -2.95. The number of hydrogen-bond donors (Lipinski definition) is 2. The Morgan fingerprint density at radius 1 is 1.23 bits per heavy atom. The van der Waals surface area contributed by atoms with Crippen LogP contribution in [0.1, 0.15) is 23.3 Å². The molecule has 0 saturated carbocycles. The van der Waals surface area contributed by atoms with E-state index in [4.69, 9.17) is 4.74 Å². The maximum Gasteiger partial charge on any atom is 0.267 e. The summed E-state index contributed by atoms with van der Waals surface area (Å²) < 4.78 is 5.23. The van der Waals surface area contributed by atoms with Crippen molar-refractivity contribution in [1.29, 1.82) is 0 Å². The van der Waals surface area contributed by atoms with Gasteiger partial charge in [0.1, 0.15) is 11.4 Å². The van der Waals surface area contributed by atoms with Crippen LogP contribution in [0.15, 0.2) is 54.6 Å². The summed E-state index contributed by atoms with van der Waals surface area (Å²) in [5.74, 6) is 0.704. The lowest BCUT2D eigenvalue weighted by Crippen LogP contribution is -2.40. The van der Waals surface area contributed by atoms with Gasteiger partial charge in [-0.2, -0.15) is 0 Å². The highest BCUT2D eigenvalue weighted by Crippen LogP contribution is 2.25. The summed E-state index contributed by atoms with van der Waals surface area (Å²) in [6, 6.07) is 18.4. The second-order valence-electron chi connectivity index (χ2n) is 6.67. The number of hydrogen-bond acceptors (Lipinski definition) is 3. The van der Waals surface area contributed by atoms with Gasteiger partial charge in [-0.15, -0.1) is 0 Å². The van der Waals surface area contributed by atoms with Crippen molar-refractivity contribution >= 4 is 22.5 Å². The van der Waals surface area contributed by atoms with E-state index in [9.17, 15) is 4.79 Å². The van der Waals surface area contributed by atoms with E-state index in [1.54, 1.807) is 7.11 Å². The molecule has 2 heterocycles. The van der Waals surface area contributed by atoms with E-state index in [0.717, 1.165) is 36.0 Å². The SMILES string of the molecule is COc1ccc2cc(C(=O)NCC3CCCN3c3ccccc3)[nH]c2c1. The average Bonchev–Trinajstić information content (AvgIpc) is 3.32. The van der Waals surface area contributed by atoms with Gasteiger partial charge in [-0.25, -0.2) is 0 Å². The molecule has 1 amide bonds. The number of fused-ring (bicyclic) bond motifs is 1. The molecule has 5 nitrogen and oxygen atoms in total. The number of H-pyrrole nitrogens is 1. The smallest absolute Gasteiger partial charge is 0.267 e. The molecule has 134 valence electrons. The molecule has 26 heavy (non-hydrogen) atoms. The zero-order chi connectivity index (χ0) is 17.9. The zero-order valence-corrected chi connectivity index (χ0v) is 14.9. The van der Waals surface area contributed by atoms with Crippen molar-refractivity contribution in [3.63, 3.8) is 0 Å². The molecule has 0 aliphatic carbocycles. The molecule has 5 heteroatoms. The quantitative estimate of drug-likeness (QED) is 0.740. The largest absolute Gasteiger partial charge is 0.497 e. The first-order valence-electron chi connectivity index (χ1n) is 9.01. The number of carbonyl (C=O) groups excluding carboxylic acids is 1. The van der Waals surface area contributed by atoms with Gasteiger partial charge >= 0.3 is 0 Å². The molecule has 4 rings (SSSR count). The monoisotopic (exact) mass is 349 g/mol. The van der Waals surface area contributed by atoms with E-state index >= 15 is 0 Å². The topological polar surface area (TPSA) is 57.4 Å². The molecule has 1 unspecified atom stereocenters. The fourth-order valence-corrected chi connectivity index (χ4v) is 3.67. The predicted molar refractivity (Wildman–Crippen MR) is 104 cm³/mol. The number of nitrogens with one attached hydrogen (secondary N) is 2. The van der Waals surface area contributed by atoms with Crippen LogP contribution in [-0.4, -0.2) is 37.1 Å². The van der Waals surface area contributed by atoms with Gasteiger partial charge in [0.2, 0.25) is 0 Å². The second-order valence-corrected chi connectivity index (χ2v) is 6.67. The van der Waals surface area contributed by atoms with Crippen LogP contribution in [-0.2, 0) is 0 Å². The van der Waals surface area contributed by atoms with Crippen LogP contribution < -0.4 is 15.0 Å². The van der Waals surface area contributed by atoms with Crippen molar-refractivity contribution in [2.45, 2.75) is 18.9 Å². The fraction of sp³-hybridized carbons (Fsp3) is 0.286. The summed E-state index contributed by atoms with van der Waals surface area (Å²) in [4.78, 5) is 18.1. The summed E-state index contributed by atoms with van der Waals surface area (Å²) >= 11 is 0. The minimum absolute atomic E-state index is 0.0694. The second kappa shape index (κ2) is 7.12. The molecule has 0 spiro atoms. The van der Waals surface area contributed by atoms with Crippen molar-refractivity contribution in [1.82, 2.24) is 10.3 Å². The third kappa shape index (κ3) is 3.25. The van der Waals surface area contributed by atoms with Crippen molar-refractivity contribution in [2.24, 2.45) is 0 Å². The highest BCUT2D eigenvalue weighted by atomic mass is 16.5. The molecule has 1 fully saturated rings. The van der Waals surface area contributed by atoms with E-state index in [1.165, 1.54) is 5.69 Å². The van der Waals surface area contributed by atoms with E-state index in [0.29, 0.717) is 18.3 Å². The summed E-state index contributed by atoms with van der Waals surface area (Å²) in [6.45, 7) is 1.68. The number of para-hydroxylation sites is 1. The first-order chi connectivity index (χ1) is 12.7. The number of aromatic nitrogens is 1. The van der Waals surface area contributed by atoms with Gasteiger partial charge in [-0.3, -0.25) is 4.79 Å². The van der Waals surface area contributed by atoms with Crippen LogP contribution in [0.5, 0.6) is 5.75 Å². The van der Waals surface area contributed by atoms with Crippen LogP contribution >= 0.6 is 0 Å². The van der Waals surface area contributed by atoms with Crippen molar-refractivity contribution < 1.29 is 9.53 Å². The zero-order valence-electron chi connectivity index (χ0n) is 14.9. The lowest BCUT2D eigenvalue weighted by molar-refractivity contribution is 0.0947. The molecule has 0 bridgehead atoms. The van der Waals surface area contributed by atoms with E-state index in [-0.39, 0.29) is 5.91 Å². The third-order valence-corrected chi connectivity index (χ3v) is 5.04. The summed E-state index contributed by atoms with van der Waals surface area (Å²) in [6.07, 6.45) is 2.25. The molecule has 1 aliphatic heterocycles. The standard InChI is InChI=1S/C21H23N3O2/c1-26-18-10-9-15-12-20(23-19(15)13-18)21(25)22-14-17-8-5-11-24(17)16-6-3-2-4-7-16/h2-4,6-7,9-10,12-13,17,23H,5,8,11,14H2,1H3,(H,22,25). The number of anilines is 1. The Morgan fingerprint density at radius 3 is 2.88 bits per heavy atom. The predicted octanol–water partition coefficient (Wildman–Crippen LogP) is 3.58. The number of aromatic amines is 1. The molecular formula is C21H23N3O2. The van der Waals surface area contributed by atoms with Gasteiger partial charge in [-0.05, 0) is 43.2 Å². The molecule has 1 aliphatic rings. The van der Waals surface area contributed by atoms with Gasteiger partial charge in [0.05, 0.1) is 7.11 Å². The Labute approximate surface area is 153 Å². The normalized spacial score (nSPS) is 16.8. The maximum absolute atomic E-state index is 12.6. The van der Waals surface area contributed by atoms with Crippen LogP contribution in [0, 0.1) is 0 Å². The third-order valence-electron chi connectivity index (χ3n) is 5.04. The Balaban J connectivity index is 1.43. The minimum atomic E-state index is -0.0694. The fourth-order valence-electron chi connectivity index (χ4n) is 3.67. The number of benzene rings is 2. The Morgan fingerprint density at radius 2 is 2.08 bits per heavy atom. The molecule has 2 aromatic carbocycles. The summed E-state index contributed by atoms with van der Waals surface area (Å²) in [5.41, 5.74) is 2.71. The number of ether oxygens (including phenoxy) is 1. The maximum atomic E-state index is 12.6. The lowest BCUT2D eigenvalue weighted by atomic mass is 10.2. The van der Waals surface area contributed by atoms with Gasteiger partial charge < -0.3 is 19.9 Å². The number of carbonyl (C=O) groups is 1. The highest BCUT2D eigenvalue weighted by Gasteiger charge is 2.25. The van der Waals surface area contributed by atoms with Crippen LogP contribution in [0.4, 0.5) is 5.69 Å². The van der Waals surface area contributed by atoms with Gasteiger partial charge in [0.15, 0.2) is 0 Å². The number of methoxy groups -OCH3 is 1. The van der Waals surface area contributed by atoms with E-state index in [2.05, 4.69) is 39.5 Å². The Kier molecular flexibility index (Phi) is 4.52. The Bertz CT molecular complexity index is 904. The molecule has 1 saturated heterocycles. The first kappa shape index (κ1) is 16.5. The van der Waals surface area contributed by atoms with Gasteiger partial charge in [-0.1, -0.05) is 18.2 Å². The van der Waals surface area contributed by atoms with Crippen molar-refractivity contribution in [2.75, 3.05) is 25.1 Å². The van der Waals surface area contributed by atoms with E-state index < -0.39 is 0 Å². The van der Waals surface area contributed by atoms with Crippen LogP contribution in [0.25, 0.3) is 10.9 Å². The molecule has 3 aromatic rings. The minimum Gasteiger partial charge on any atom is -0.497 e. The van der Waals surface area contributed by atoms with E-state index in [1.807, 2.05) is 30.3 Å². The molecular weight excluding hydrogens is 326 g/mol. The highest BCUT2D eigenvalue weighted by molar-refractivity contribution is 5.98. The van der Waals surface area contributed by atoms with Crippen molar-refractivity contribution in [3.05, 3.63) is 60.3 Å². The van der Waals surface area contributed by atoms with Gasteiger partial charge in [0.25, 0.3) is 5.91 Å². The molecule has 1 aromatic heterocycles. The van der Waals surface area contributed by atoms with Crippen LogP contribution in [0.3, 0.4) is 0 Å². The molecule has 1 atom stereocenters. The van der Waals surface area contributed by atoms with Crippen LogP contribution in [0.2, 0.25) is 0 Å². The first-order valence-corrected chi connectivity index (χ1v) is 9.01. The summed E-state index contributed by atoms with van der Waals surface area (Å²) in [5, 5.41) is 4.09. The van der Waals surface area contributed by atoms with Gasteiger partial charge in [0, 0.05) is 41.8 Å². The molecule has 0 radical (unpaired) electrons. The number of nitrogens with zero attached hydrogens (tertiary/aromatic N) is 1. The lowest BCUT2D eigenvalue weighted by Gasteiger charge is -2.27. The number of amides is 1. The molecule has 2 N–H and O–H groups in total. The van der Waals surface area contributed by atoms with Crippen molar-refractivity contribution in [3.8, 4) is 5.75 Å².